The summed E-state index contributed by atoms with van der Waals surface area (Å²) in [6, 6.07) is 22.6. The van der Waals surface area contributed by atoms with Crippen molar-refractivity contribution in [2.75, 3.05) is 0 Å². The van der Waals surface area contributed by atoms with Crippen LogP contribution < -0.4 is 5.32 Å². The molecule has 3 aromatic rings. The number of nitrogens with zero attached hydrogens (tertiary/aromatic N) is 1. The zero-order valence-electron chi connectivity index (χ0n) is 21.1. The molecule has 0 aliphatic carbocycles. The summed E-state index contributed by atoms with van der Waals surface area (Å²) in [6.07, 6.45) is 2.26. The van der Waals surface area contributed by atoms with Crippen LogP contribution in [0.5, 0.6) is 0 Å². The monoisotopic (exact) mass is 524 g/mol. The second-order valence-electron chi connectivity index (χ2n) is 9.30. The van der Waals surface area contributed by atoms with E-state index in [9.17, 15) is 9.59 Å². The standard InChI is InChI=1S/C30H34Cl2N2O2/c1-4-22-10-12-23(13-11-22)14-17-29(35)34(20-25-15-16-26(31)19-27(25)32)28(30(36)33-21(2)3)18-24-8-6-5-7-9-24/h5-13,15-16,19,21,28H,4,14,17-18,20H2,1-3H3,(H,33,36). The lowest BCUT2D eigenvalue weighted by molar-refractivity contribution is -0.141. The third kappa shape index (κ3) is 8.11. The summed E-state index contributed by atoms with van der Waals surface area (Å²) in [5.74, 6) is -0.278. The number of halogens is 2. The van der Waals surface area contributed by atoms with E-state index in [4.69, 9.17) is 23.2 Å². The number of rotatable bonds is 11. The van der Waals surface area contributed by atoms with Crippen LogP contribution >= 0.6 is 23.2 Å². The summed E-state index contributed by atoms with van der Waals surface area (Å²) in [6.45, 7) is 6.17. The molecule has 0 radical (unpaired) electrons. The maximum absolute atomic E-state index is 13.7. The Labute approximate surface area is 224 Å². The minimum absolute atomic E-state index is 0.0519. The number of carbonyl (C=O) groups is 2. The third-order valence-electron chi connectivity index (χ3n) is 6.12. The first-order chi connectivity index (χ1) is 17.3. The fourth-order valence-electron chi connectivity index (χ4n) is 4.10. The zero-order chi connectivity index (χ0) is 26.1. The lowest BCUT2D eigenvalue weighted by atomic mass is 10.0. The van der Waals surface area contributed by atoms with Gasteiger partial charge in [0.2, 0.25) is 11.8 Å². The molecular formula is C30H34Cl2N2O2. The smallest absolute Gasteiger partial charge is 0.243 e. The maximum Gasteiger partial charge on any atom is 0.243 e. The molecule has 1 N–H and O–H groups in total. The molecule has 4 nitrogen and oxygen atoms in total. The van der Waals surface area contributed by atoms with Gasteiger partial charge >= 0.3 is 0 Å². The van der Waals surface area contributed by atoms with Gasteiger partial charge in [0.1, 0.15) is 6.04 Å². The Morgan fingerprint density at radius 1 is 0.889 bits per heavy atom. The Morgan fingerprint density at radius 3 is 2.17 bits per heavy atom. The van der Waals surface area contributed by atoms with Crippen LogP contribution in [0.2, 0.25) is 10.0 Å². The number of hydrogen-bond acceptors (Lipinski definition) is 2. The minimum Gasteiger partial charge on any atom is -0.352 e. The fourth-order valence-corrected chi connectivity index (χ4v) is 4.57. The van der Waals surface area contributed by atoms with Crippen molar-refractivity contribution in [1.29, 1.82) is 0 Å². The first-order valence-corrected chi connectivity index (χ1v) is 13.2. The van der Waals surface area contributed by atoms with Crippen molar-refractivity contribution in [3.05, 3.63) is 105 Å². The van der Waals surface area contributed by atoms with Gasteiger partial charge in [-0.1, -0.05) is 90.8 Å². The van der Waals surface area contributed by atoms with Crippen molar-refractivity contribution < 1.29 is 9.59 Å². The Balaban J connectivity index is 1.91. The second kappa shape index (κ2) is 13.5. The summed E-state index contributed by atoms with van der Waals surface area (Å²) in [7, 11) is 0. The molecule has 0 aromatic heterocycles. The van der Waals surface area contributed by atoms with Gasteiger partial charge in [-0.3, -0.25) is 9.59 Å². The van der Waals surface area contributed by atoms with Gasteiger partial charge < -0.3 is 10.2 Å². The topological polar surface area (TPSA) is 49.4 Å². The summed E-state index contributed by atoms with van der Waals surface area (Å²) in [4.78, 5) is 28.8. The van der Waals surface area contributed by atoms with E-state index < -0.39 is 6.04 Å². The Bertz CT molecular complexity index is 1150. The number of amides is 2. The zero-order valence-corrected chi connectivity index (χ0v) is 22.6. The minimum atomic E-state index is -0.684. The number of aryl methyl sites for hydroxylation is 2. The number of carbonyl (C=O) groups excluding carboxylic acids is 2. The highest BCUT2D eigenvalue weighted by molar-refractivity contribution is 6.35. The van der Waals surface area contributed by atoms with Crippen molar-refractivity contribution in [2.45, 2.75) is 65.1 Å². The number of nitrogens with one attached hydrogen (secondary N) is 1. The maximum atomic E-state index is 13.7. The van der Waals surface area contributed by atoms with E-state index in [2.05, 4.69) is 36.5 Å². The molecule has 3 rings (SSSR count). The molecule has 190 valence electrons. The average molecular weight is 526 g/mol. The molecule has 0 aliphatic rings. The molecule has 1 unspecified atom stereocenters. The van der Waals surface area contributed by atoms with Crippen molar-refractivity contribution in [1.82, 2.24) is 10.2 Å². The van der Waals surface area contributed by atoms with Crippen molar-refractivity contribution in [3.8, 4) is 0 Å². The second-order valence-corrected chi connectivity index (χ2v) is 10.1. The summed E-state index contributed by atoms with van der Waals surface area (Å²) in [5.41, 5.74) is 4.09. The molecule has 3 aromatic carbocycles. The predicted octanol–water partition coefficient (Wildman–Crippen LogP) is 6.65. The van der Waals surface area contributed by atoms with E-state index in [1.54, 1.807) is 17.0 Å². The summed E-state index contributed by atoms with van der Waals surface area (Å²) in [5, 5.41) is 4.00. The van der Waals surface area contributed by atoms with E-state index in [1.165, 1.54) is 5.56 Å². The van der Waals surface area contributed by atoms with Gasteiger partial charge in [0.25, 0.3) is 0 Å². The van der Waals surface area contributed by atoms with Crippen LogP contribution in [-0.2, 0) is 35.4 Å². The van der Waals surface area contributed by atoms with Crippen LogP contribution in [0.4, 0.5) is 0 Å². The molecule has 0 saturated heterocycles. The SMILES string of the molecule is CCc1ccc(CCC(=O)N(Cc2ccc(Cl)cc2Cl)C(Cc2ccccc2)C(=O)NC(C)C)cc1. The molecule has 2 amide bonds. The molecule has 0 saturated carbocycles. The van der Waals surface area contributed by atoms with Crippen molar-refractivity contribution >= 4 is 35.0 Å². The van der Waals surface area contributed by atoms with Crippen LogP contribution in [0, 0.1) is 0 Å². The van der Waals surface area contributed by atoms with Gasteiger partial charge in [0, 0.05) is 35.5 Å². The fraction of sp³-hybridized carbons (Fsp3) is 0.333. The Kier molecular flexibility index (Phi) is 10.4. The van der Waals surface area contributed by atoms with Crippen LogP contribution in [-0.4, -0.2) is 28.8 Å². The van der Waals surface area contributed by atoms with Gasteiger partial charge in [-0.15, -0.1) is 0 Å². The van der Waals surface area contributed by atoms with E-state index >= 15 is 0 Å². The van der Waals surface area contributed by atoms with Gasteiger partial charge in [-0.05, 0) is 61.1 Å². The number of hydrogen-bond donors (Lipinski definition) is 1. The molecule has 0 fully saturated rings. The molecule has 0 spiro atoms. The molecule has 0 bridgehead atoms. The largest absolute Gasteiger partial charge is 0.352 e. The highest BCUT2D eigenvalue weighted by Crippen LogP contribution is 2.25. The first kappa shape index (κ1) is 27.8. The Morgan fingerprint density at radius 2 is 1.56 bits per heavy atom. The molecule has 36 heavy (non-hydrogen) atoms. The van der Waals surface area contributed by atoms with Crippen LogP contribution in [0.3, 0.4) is 0 Å². The van der Waals surface area contributed by atoms with Gasteiger partial charge in [-0.25, -0.2) is 0 Å². The molecule has 1 atom stereocenters. The van der Waals surface area contributed by atoms with Crippen LogP contribution in [0.15, 0.2) is 72.8 Å². The van der Waals surface area contributed by atoms with Crippen LogP contribution in [0.25, 0.3) is 0 Å². The van der Waals surface area contributed by atoms with Gasteiger partial charge in [-0.2, -0.15) is 0 Å². The lowest BCUT2D eigenvalue weighted by Crippen LogP contribution is -2.51. The number of benzene rings is 3. The molecule has 0 heterocycles. The summed E-state index contributed by atoms with van der Waals surface area (Å²) >= 11 is 12.6. The van der Waals surface area contributed by atoms with Crippen LogP contribution in [0.1, 0.15) is 49.4 Å². The quantitative estimate of drug-likeness (QED) is 0.305. The third-order valence-corrected chi connectivity index (χ3v) is 6.70. The van der Waals surface area contributed by atoms with Crippen molar-refractivity contribution in [3.63, 3.8) is 0 Å². The average Bonchev–Trinajstić information content (AvgIpc) is 2.86. The van der Waals surface area contributed by atoms with E-state index in [0.29, 0.717) is 22.9 Å². The van der Waals surface area contributed by atoms with E-state index in [-0.39, 0.29) is 30.8 Å². The molecular weight excluding hydrogens is 491 g/mol. The first-order valence-electron chi connectivity index (χ1n) is 12.4. The lowest BCUT2D eigenvalue weighted by Gasteiger charge is -2.32. The highest BCUT2D eigenvalue weighted by Gasteiger charge is 2.31. The highest BCUT2D eigenvalue weighted by atomic mass is 35.5. The molecule has 6 heteroatoms. The van der Waals surface area contributed by atoms with Crippen molar-refractivity contribution in [2.24, 2.45) is 0 Å². The Hall–Kier alpha value is -2.82. The van der Waals surface area contributed by atoms with Gasteiger partial charge in [0.05, 0.1) is 0 Å². The van der Waals surface area contributed by atoms with Gasteiger partial charge in [0.15, 0.2) is 0 Å². The molecule has 0 aliphatic heterocycles. The normalized spacial score (nSPS) is 11.8. The van der Waals surface area contributed by atoms with E-state index in [1.807, 2.05) is 50.2 Å². The summed E-state index contributed by atoms with van der Waals surface area (Å²) < 4.78 is 0. The predicted molar refractivity (Wildman–Crippen MR) is 148 cm³/mol. The van der Waals surface area contributed by atoms with E-state index in [0.717, 1.165) is 23.1 Å².